The van der Waals surface area contributed by atoms with E-state index in [4.69, 9.17) is 0 Å². The molecular formula is C11H24OS. The molecule has 0 radical (unpaired) electrons. The molecule has 1 heterocycles. The predicted octanol–water partition coefficient (Wildman–Crippen LogP) is 3.75. The second-order valence-corrected chi connectivity index (χ2v) is 3.66. The molecule has 0 atom stereocenters. The average molecular weight is 204 g/mol. The molecule has 0 bridgehead atoms. The van der Waals surface area contributed by atoms with Gasteiger partial charge in [0, 0.05) is 13.7 Å². The summed E-state index contributed by atoms with van der Waals surface area (Å²) >= 11 is 2.04. The van der Waals surface area contributed by atoms with Gasteiger partial charge in [0.25, 0.3) is 0 Å². The van der Waals surface area contributed by atoms with Gasteiger partial charge in [-0.3, -0.25) is 0 Å². The number of hydrogen-bond donors (Lipinski definition) is 0. The van der Waals surface area contributed by atoms with Crippen molar-refractivity contribution in [3.05, 3.63) is 12.2 Å². The summed E-state index contributed by atoms with van der Waals surface area (Å²) in [6.45, 7) is 10.7. The Balaban J connectivity index is 0. The van der Waals surface area contributed by atoms with Crippen LogP contribution < -0.4 is 0 Å². The maximum Gasteiger partial charge on any atom is 0.0433 e. The molecule has 1 nitrogen and oxygen atoms in total. The summed E-state index contributed by atoms with van der Waals surface area (Å²) in [5.41, 5.74) is 1.44. The van der Waals surface area contributed by atoms with E-state index in [0.29, 0.717) is 0 Å². The fourth-order valence-corrected chi connectivity index (χ4v) is 1.73. The minimum atomic E-state index is 0.819. The largest absolute Gasteiger partial charge is 0.385 e. The van der Waals surface area contributed by atoms with Crippen molar-refractivity contribution < 1.29 is 4.74 Å². The first kappa shape index (κ1) is 15.5. The van der Waals surface area contributed by atoms with Crippen molar-refractivity contribution in [3.8, 4) is 0 Å². The Bertz CT molecular complexity index is 92.3. The minimum absolute atomic E-state index is 0.819. The Hall–Kier alpha value is 0.0500. The van der Waals surface area contributed by atoms with Gasteiger partial charge in [0.2, 0.25) is 0 Å². The lowest BCUT2D eigenvalue weighted by Gasteiger charge is -2.10. The topological polar surface area (TPSA) is 9.23 Å². The molecule has 0 spiro atoms. The zero-order chi connectivity index (χ0) is 10.5. The monoisotopic (exact) mass is 204 g/mol. The number of hydrogen-bond acceptors (Lipinski definition) is 2. The molecule has 0 aromatic carbocycles. The Morgan fingerprint density at radius 1 is 1.31 bits per heavy atom. The second kappa shape index (κ2) is 14.6. The third-order valence-electron chi connectivity index (χ3n) is 1.49. The molecule has 0 amide bonds. The standard InChI is InChI=1S/C6H10S.C3H8O.C2H6/c1-6-2-4-7-5-3-6;1-3-4-2;1-2/h1-5H2;3H2,1-2H3;1-2H3. The molecule has 1 aliphatic rings. The van der Waals surface area contributed by atoms with Gasteiger partial charge < -0.3 is 4.74 Å². The molecule has 1 aliphatic heterocycles. The summed E-state index contributed by atoms with van der Waals surface area (Å²) in [5, 5.41) is 0. The normalized spacial score (nSPS) is 14.9. The molecule has 80 valence electrons. The van der Waals surface area contributed by atoms with Crippen LogP contribution >= 0.6 is 11.8 Å². The quantitative estimate of drug-likeness (QED) is 0.602. The van der Waals surface area contributed by atoms with Crippen molar-refractivity contribution in [1.82, 2.24) is 0 Å². The predicted molar refractivity (Wildman–Crippen MR) is 64.6 cm³/mol. The van der Waals surface area contributed by atoms with Gasteiger partial charge in [-0.1, -0.05) is 26.0 Å². The number of thioether (sulfide) groups is 1. The van der Waals surface area contributed by atoms with E-state index in [9.17, 15) is 0 Å². The second-order valence-electron chi connectivity index (χ2n) is 2.44. The average Bonchev–Trinajstić information content (AvgIpc) is 2.22. The first-order valence-corrected chi connectivity index (χ1v) is 6.20. The van der Waals surface area contributed by atoms with Crippen molar-refractivity contribution in [2.75, 3.05) is 25.2 Å². The van der Waals surface area contributed by atoms with Crippen molar-refractivity contribution in [3.63, 3.8) is 0 Å². The Kier molecular flexibility index (Phi) is 17.4. The molecular weight excluding hydrogens is 180 g/mol. The molecule has 13 heavy (non-hydrogen) atoms. The third-order valence-corrected chi connectivity index (χ3v) is 2.47. The highest BCUT2D eigenvalue weighted by molar-refractivity contribution is 7.99. The van der Waals surface area contributed by atoms with Crippen LogP contribution in [0.25, 0.3) is 0 Å². The van der Waals surface area contributed by atoms with Crippen LogP contribution in [0.3, 0.4) is 0 Å². The molecule has 1 saturated heterocycles. The maximum atomic E-state index is 4.54. The van der Waals surface area contributed by atoms with Crippen LogP contribution in [0.1, 0.15) is 33.6 Å². The van der Waals surface area contributed by atoms with E-state index in [1.54, 1.807) is 7.11 Å². The number of allylic oxidation sites excluding steroid dienone is 1. The lowest BCUT2D eigenvalue weighted by atomic mass is 10.2. The highest BCUT2D eigenvalue weighted by Crippen LogP contribution is 2.19. The van der Waals surface area contributed by atoms with Crippen LogP contribution in [0.2, 0.25) is 0 Å². The van der Waals surface area contributed by atoms with Gasteiger partial charge in [0.05, 0.1) is 0 Å². The van der Waals surface area contributed by atoms with Crippen molar-refractivity contribution in [1.29, 1.82) is 0 Å². The fourth-order valence-electron chi connectivity index (χ4n) is 0.660. The molecule has 0 unspecified atom stereocenters. The van der Waals surface area contributed by atoms with E-state index in [2.05, 4.69) is 11.3 Å². The van der Waals surface area contributed by atoms with Gasteiger partial charge in [-0.05, 0) is 31.3 Å². The van der Waals surface area contributed by atoms with Crippen LogP contribution in [0.4, 0.5) is 0 Å². The zero-order valence-electron chi connectivity index (χ0n) is 9.56. The van der Waals surface area contributed by atoms with E-state index in [-0.39, 0.29) is 0 Å². The number of rotatable bonds is 1. The fraction of sp³-hybridized carbons (Fsp3) is 0.818. The summed E-state index contributed by atoms with van der Waals surface area (Å²) in [6.07, 6.45) is 2.51. The smallest absolute Gasteiger partial charge is 0.0433 e. The Morgan fingerprint density at radius 3 is 1.85 bits per heavy atom. The maximum absolute atomic E-state index is 4.54. The third kappa shape index (κ3) is 14.9. The first-order valence-electron chi connectivity index (χ1n) is 5.04. The van der Waals surface area contributed by atoms with Crippen LogP contribution in [0, 0.1) is 0 Å². The molecule has 0 N–H and O–H groups in total. The summed E-state index contributed by atoms with van der Waals surface area (Å²) in [5.74, 6) is 2.61. The highest BCUT2D eigenvalue weighted by Gasteiger charge is 2.00. The molecule has 1 fully saturated rings. The molecule has 0 aliphatic carbocycles. The lowest BCUT2D eigenvalue weighted by Crippen LogP contribution is -1.95. The van der Waals surface area contributed by atoms with Crippen molar-refractivity contribution >= 4 is 11.8 Å². The van der Waals surface area contributed by atoms with Gasteiger partial charge in [0.1, 0.15) is 0 Å². The molecule has 2 heteroatoms. The first-order chi connectivity index (χ1) is 6.31. The van der Waals surface area contributed by atoms with Gasteiger partial charge in [-0.2, -0.15) is 11.8 Å². The Morgan fingerprint density at radius 2 is 1.69 bits per heavy atom. The van der Waals surface area contributed by atoms with E-state index < -0.39 is 0 Å². The van der Waals surface area contributed by atoms with Crippen molar-refractivity contribution in [2.45, 2.75) is 33.6 Å². The van der Waals surface area contributed by atoms with Gasteiger partial charge >= 0.3 is 0 Å². The molecule has 0 saturated carbocycles. The van der Waals surface area contributed by atoms with Crippen LogP contribution in [0.5, 0.6) is 0 Å². The number of ether oxygens (including phenoxy) is 1. The summed E-state index contributed by atoms with van der Waals surface area (Å²) in [7, 11) is 1.68. The molecule has 0 aromatic rings. The van der Waals surface area contributed by atoms with Crippen LogP contribution in [-0.4, -0.2) is 25.2 Å². The van der Waals surface area contributed by atoms with Gasteiger partial charge in [0.15, 0.2) is 0 Å². The molecule has 0 aromatic heterocycles. The van der Waals surface area contributed by atoms with E-state index in [0.717, 1.165) is 6.61 Å². The number of methoxy groups -OCH3 is 1. The van der Waals surface area contributed by atoms with E-state index in [1.165, 1.54) is 29.9 Å². The van der Waals surface area contributed by atoms with Crippen LogP contribution in [-0.2, 0) is 4.74 Å². The summed E-state index contributed by atoms with van der Waals surface area (Å²) < 4.78 is 4.54. The summed E-state index contributed by atoms with van der Waals surface area (Å²) in [4.78, 5) is 0. The molecule has 1 rings (SSSR count). The Labute approximate surface area is 87.9 Å². The van der Waals surface area contributed by atoms with E-state index >= 15 is 0 Å². The van der Waals surface area contributed by atoms with Gasteiger partial charge in [-0.15, -0.1) is 0 Å². The summed E-state index contributed by atoms with van der Waals surface area (Å²) in [6, 6.07) is 0. The lowest BCUT2D eigenvalue weighted by molar-refractivity contribution is 0.215. The highest BCUT2D eigenvalue weighted by atomic mass is 32.2. The van der Waals surface area contributed by atoms with Crippen LogP contribution in [0.15, 0.2) is 12.2 Å². The SMILES string of the molecule is C=C1CCSCC1.CC.CCOC. The minimum Gasteiger partial charge on any atom is -0.385 e. The van der Waals surface area contributed by atoms with Crippen molar-refractivity contribution in [2.24, 2.45) is 0 Å². The van der Waals surface area contributed by atoms with Gasteiger partial charge in [-0.25, -0.2) is 0 Å². The zero-order valence-corrected chi connectivity index (χ0v) is 10.4. The van der Waals surface area contributed by atoms with E-state index in [1.807, 2.05) is 32.5 Å².